The van der Waals surface area contributed by atoms with Gasteiger partial charge in [0, 0.05) is 0 Å². The molecule has 0 aromatic carbocycles. The van der Waals surface area contributed by atoms with Gasteiger partial charge in [0.1, 0.15) is 0 Å². The summed E-state index contributed by atoms with van der Waals surface area (Å²) in [6.07, 6.45) is 7.38. The maximum atomic E-state index is 2.64. The Balaban J connectivity index is 2.07. The van der Waals surface area contributed by atoms with Gasteiger partial charge < -0.3 is 0 Å². The second-order valence-corrected chi connectivity index (χ2v) is 6.11. The Bertz CT molecular complexity index is 134. The van der Waals surface area contributed by atoms with Gasteiger partial charge in [-0.1, -0.05) is 0 Å². The van der Waals surface area contributed by atoms with Gasteiger partial charge in [0.05, 0.1) is 0 Å². The van der Waals surface area contributed by atoms with E-state index in [4.69, 9.17) is 0 Å². The van der Waals surface area contributed by atoms with Crippen molar-refractivity contribution in [2.75, 3.05) is 7.05 Å². The van der Waals surface area contributed by atoms with Gasteiger partial charge in [-0.15, -0.1) is 0 Å². The zero-order chi connectivity index (χ0) is 7.84. The van der Waals surface area contributed by atoms with Crippen LogP contribution >= 0.6 is 0 Å². The summed E-state index contributed by atoms with van der Waals surface area (Å²) in [6, 6.07) is 1.89. The van der Waals surface area contributed by atoms with Gasteiger partial charge in [-0.05, 0) is 0 Å². The molecule has 0 saturated carbocycles. The molecule has 1 nitrogen and oxygen atoms in total. The van der Waals surface area contributed by atoms with E-state index in [9.17, 15) is 0 Å². The third-order valence-electron chi connectivity index (χ3n) is 3.38. The Hall–Kier alpha value is 0.518. The maximum absolute atomic E-state index is 2.64. The van der Waals surface area contributed by atoms with Crippen LogP contribution in [0.25, 0.3) is 0 Å². The molecule has 2 aliphatic rings. The molecule has 0 N–H and O–H groups in total. The van der Waals surface area contributed by atoms with Crippen molar-refractivity contribution in [2.24, 2.45) is 0 Å². The van der Waals surface area contributed by atoms with Crippen molar-refractivity contribution in [3.63, 3.8) is 0 Å². The Morgan fingerprint density at radius 3 is 2.27 bits per heavy atom. The van der Waals surface area contributed by atoms with E-state index in [0.29, 0.717) is 0 Å². The van der Waals surface area contributed by atoms with Gasteiger partial charge in [-0.2, -0.15) is 0 Å². The monoisotopic (exact) mass is 215 g/mol. The summed E-state index contributed by atoms with van der Waals surface area (Å²) < 4.78 is 1.05. The molecule has 2 saturated heterocycles. The van der Waals surface area contributed by atoms with Crippen molar-refractivity contribution in [2.45, 2.75) is 48.9 Å². The Labute approximate surface area is 78.0 Å². The second-order valence-electron chi connectivity index (χ2n) is 4.14. The average Bonchev–Trinajstić information content (AvgIpc) is 1.92. The van der Waals surface area contributed by atoms with E-state index in [0.717, 1.165) is 16.8 Å². The molecule has 0 radical (unpaired) electrons. The fourth-order valence-corrected chi connectivity index (χ4v) is 3.98. The Morgan fingerprint density at radius 2 is 1.73 bits per heavy atom. The number of nitrogens with zero attached hydrogens (tertiary/aromatic N) is 1. The van der Waals surface area contributed by atoms with Crippen molar-refractivity contribution in [1.29, 1.82) is 0 Å². The normalized spacial score (nSPS) is 45.8. The number of fused-ring (bicyclic) bond motifs is 2. The van der Waals surface area contributed by atoms with E-state index in [1.807, 2.05) is 16.9 Å². The van der Waals surface area contributed by atoms with Crippen LogP contribution in [0.1, 0.15) is 32.1 Å². The van der Waals surface area contributed by atoms with E-state index in [1.165, 1.54) is 32.1 Å². The SMILES string of the molecule is CN1C2CCCC1CC([AsH2])C2. The third-order valence-corrected chi connectivity index (χ3v) is 4.52. The molecule has 0 amide bonds. The van der Waals surface area contributed by atoms with Crippen LogP contribution in [0.3, 0.4) is 0 Å². The minimum atomic E-state index is 0.944. The summed E-state index contributed by atoms with van der Waals surface area (Å²) >= 11 is 1.97. The zero-order valence-electron chi connectivity index (χ0n) is 7.29. The van der Waals surface area contributed by atoms with E-state index < -0.39 is 0 Å². The number of hydrogen-bond donors (Lipinski definition) is 0. The third kappa shape index (κ3) is 1.51. The van der Waals surface area contributed by atoms with Crippen LogP contribution < -0.4 is 0 Å². The van der Waals surface area contributed by atoms with Gasteiger partial charge in [0.15, 0.2) is 0 Å². The molecule has 3 unspecified atom stereocenters. The summed E-state index contributed by atoms with van der Waals surface area (Å²) in [6.45, 7) is 0. The van der Waals surface area contributed by atoms with Crippen LogP contribution in [0.15, 0.2) is 0 Å². The molecule has 2 bridgehead atoms. The fraction of sp³-hybridized carbons (Fsp3) is 1.00. The average molecular weight is 215 g/mol. The molecular formula is C9H18AsN. The van der Waals surface area contributed by atoms with Crippen LogP contribution in [0.2, 0.25) is 4.71 Å². The second kappa shape index (κ2) is 3.11. The predicted octanol–water partition coefficient (Wildman–Crippen LogP) is 1.05. The van der Waals surface area contributed by atoms with Crippen LogP contribution in [-0.4, -0.2) is 40.9 Å². The molecule has 3 atom stereocenters. The van der Waals surface area contributed by atoms with Crippen molar-refractivity contribution < 1.29 is 0 Å². The molecule has 0 aromatic rings. The van der Waals surface area contributed by atoms with Gasteiger partial charge in [0.2, 0.25) is 0 Å². The topological polar surface area (TPSA) is 3.24 Å². The summed E-state index contributed by atoms with van der Waals surface area (Å²) in [5, 5.41) is 0. The molecule has 2 heteroatoms. The predicted molar refractivity (Wildman–Crippen MR) is 50.7 cm³/mol. The molecule has 2 rings (SSSR count). The van der Waals surface area contributed by atoms with Crippen LogP contribution in [0, 0.1) is 0 Å². The summed E-state index contributed by atoms with van der Waals surface area (Å²) in [4.78, 5) is 2.64. The van der Waals surface area contributed by atoms with E-state index in [1.54, 1.807) is 0 Å². The summed E-state index contributed by atoms with van der Waals surface area (Å²) in [5.41, 5.74) is 0. The van der Waals surface area contributed by atoms with Gasteiger partial charge in [-0.3, -0.25) is 0 Å². The summed E-state index contributed by atoms with van der Waals surface area (Å²) in [5.74, 6) is 0. The zero-order valence-corrected chi connectivity index (χ0v) is 9.71. The van der Waals surface area contributed by atoms with Gasteiger partial charge in [-0.25, -0.2) is 0 Å². The van der Waals surface area contributed by atoms with Crippen molar-refractivity contribution in [1.82, 2.24) is 4.90 Å². The van der Waals surface area contributed by atoms with Crippen molar-refractivity contribution in [3.05, 3.63) is 0 Å². The molecular weight excluding hydrogens is 197 g/mol. The molecule has 2 fully saturated rings. The first-order valence-electron chi connectivity index (χ1n) is 4.75. The van der Waals surface area contributed by atoms with E-state index >= 15 is 0 Å². The van der Waals surface area contributed by atoms with Crippen LogP contribution in [0.4, 0.5) is 0 Å². The van der Waals surface area contributed by atoms with Crippen LogP contribution in [0.5, 0.6) is 0 Å². The summed E-state index contributed by atoms with van der Waals surface area (Å²) in [7, 11) is 2.33. The minimum absolute atomic E-state index is 0.944. The van der Waals surface area contributed by atoms with E-state index in [-0.39, 0.29) is 0 Å². The first-order valence-corrected chi connectivity index (χ1v) is 6.15. The first-order chi connectivity index (χ1) is 5.27. The number of rotatable bonds is 0. The first kappa shape index (κ1) is 8.13. The Kier molecular flexibility index (Phi) is 2.30. The quantitative estimate of drug-likeness (QED) is 0.546. The number of hydrogen-bond acceptors (Lipinski definition) is 1. The van der Waals surface area contributed by atoms with Crippen molar-refractivity contribution >= 4 is 16.9 Å². The molecule has 2 heterocycles. The standard InChI is InChI=1S/C9H18AsN/c1-11-8-3-2-4-9(11)6-7(10)5-8/h7-9H,2-6,10H2,1H3. The molecule has 11 heavy (non-hydrogen) atoms. The fourth-order valence-electron chi connectivity index (χ4n) is 2.66. The molecule has 0 aromatic heterocycles. The molecule has 2 aliphatic heterocycles. The Morgan fingerprint density at radius 1 is 1.18 bits per heavy atom. The molecule has 0 spiro atoms. The van der Waals surface area contributed by atoms with Crippen molar-refractivity contribution in [3.8, 4) is 0 Å². The van der Waals surface area contributed by atoms with Gasteiger partial charge >= 0.3 is 77.7 Å². The van der Waals surface area contributed by atoms with E-state index in [2.05, 4.69) is 11.9 Å². The van der Waals surface area contributed by atoms with Crippen LogP contribution in [-0.2, 0) is 0 Å². The molecule has 64 valence electrons. The van der Waals surface area contributed by atoms with Gasteiger partial charge in [0.25, 0.3) is 0 Å². The number of piperidine rings is 2. The molecule has 0 aliphatic carbocycles.